The Hall–Kier alpha value is -0.580. The largest absolute Gasteiger partial charge is 0.336 e. The van der Waals surface area contributed by atoms with Crippen LogP contribution in [0.1, 0.15) is 6.92 Å². The van der Waals surface area contributed by atoms with Crippen molar-refractivity contribution in [3.63, 3.8) is 0 Å². The Labute approximate surface area is 92.4 Å². The van der Waals surface area contributed by atoms with Crippen LogP contribution in [0.2, 0.25) is 0 Å². The van der Waals surface area contributed by atoms with Crippen molar-refractivity contribution in [1.29, 1.82) is 0 Å². The molecule has 0 saturated carbocycles. The molecule has 0 N–H and O–H groups in total. The Morgan fingerprint density at radius 3 is 2.57 bits per heavy atom. The molecule has 14 heavy (non-hydrogen) atoms. The number of halogens is 1. The number of likely N-dealkylation sites (N-methyl/N-ethyl adjacent to an activating group) is 1. The summed E-state index contributed by atoms with van der Waals surface area (Å²) in [6.45, 7) is 3.99. The van der Waals surface area contributed by atoms with E-state index in [9.17, 15) is 9.59 Å². The van der Waals surface area contributed by atoms with Crippen LogP contribution in [0.4, 0.5) is 0 Å². The SMILES string of the molecule is CC(CBr)CN1CCN(C)C(=O)C1=O. The van der Waals surface area contributed by atoms with Crippen LogP contribution in [0.3, 0.4) is 0 Å². The molecule has 2 amide bonds. The molecule has 1 unspecified atom stereocenters. The van der Waals surface area contributed by atoms with Gasteiger partial charge in [0.15, 0.2) is 0 Å². The third-order valence-electron chi connectivity index (χ3n) is 2.32. The first kappa shape index (κ1) is 11.5. The van der Waals surface area contributed by atoms with Crippen molar-refractivity contribution in [1.82, 2.24) is 9.80 Å². The second-order valence-electron chi connectivity index (χ2n) is 3.74. The van der Waals surface area contributed by atoms with Gasteiger partial charge < -0.3 is 9.80 Å². The molecule has 1 aliphatic rings. The van der Waals surface area contributed by atoms with Crippen LogP contribution in [-0.4, -0.2) is 53.6 Å². The molecule has 80 valence electrons. The van der Waals surface area contributed by atoms with Crippen LogP contribution in [0.25, 0.3) is 0 Å². The van der Waals surface area contributed by atoms with Gasteiger partial charge in [-0.05, 0) is 5.92 Å². The maximum atomic E-state index is 11.5. The standard InChI is InChI=1S/C9H15BrN2O2/c1-7(5-10)6-12-4-3-11(2)8(13)9(12)14/h7H,3-6H2,1-2H3. The number of hydrogen-bond donors (Lipinski definition) is 0. The zero-order valence-electron chi connectivity index (χ0n) is 8.49. The molecule has 1 aliphatic heterocycles. The predicted octanol–water partition coefficient (Wildman–Crippen LogP) is 0.318. The maximum absolute atomic E-state index is 11.5. The van der Waals surface area contributed by atoms with E-state index < -0.39 is 5.91 Å². The number of carbonyl (C=O) groups excluding carboxylic acids is 2. The summed E-state index contributed by atoms with van der Waals surface area (Å²) in [4.78, 5) is 25.9. The van der Waals surface area contributed by atoms with Gasteiger partial charge in [-0.1, -0.05) is 22.9 Å². The minimum Gasteiger partial charge on any atom is -0.336 e. The fourth-order valence-corrected chi connectivity index (χ4v) is 1.58. The number of carbonyl (C=O) groups is 2. The Kier molecular flexibility index (Phi) is 3.92. The topological polar surface area (TPSA) is 40.6 Å². The summed E-state index contributed by atoms with van der Waals surface area (Å²) in [6.07, 6.45) is 0. The van der Waals surface area contributed by atoms with Gasteiger partial charge in [0.1, 0.15) is 0 Å². The molecule has 0 aromatic rings. The molecule has 4 nitrogen and oxygen atoms in total. The Morgan fingerprint density at radius 1 is 1.36 bits per heavy atom. The van der Waals surface area contributed by atoms with Crippen LogP contribution in [0.5, 0.6) is 0 Å². The average Bonchev–Trinajstić information content (AvgIpc) is 2.19. The van der Waals surface area contributed by atoms with Crippen molar-refractivity contribution in [3.05, 3.63) is 0 Å². The van der Waals surface area contributed by atoms with Crippen molar-refractivity contribution < 1.29 is 9.59 Å². The first-order chi connectivity index (χ1) is 6.56. The van der Waals surface area contributed by atoms with Gasteiger partial charge in [0, 0.05) is 32.0 Å². The van der Waals surface area contributed by atoms with E-state index >= 15 is 0 Å². The summed E-state index contributed by atoms with van der Waals surface area (Å²) < 4.78 is 0. The molecule has 0 bridgehead atoms. The van der Waals surface area contributed by atoms with Crippen LogP contribution in [0, 0.1) is 5.92 Å². The monoisotopic (exact) mass is 262 g/mol. The lowest BCUT2D eigenvalue weighted by atomic mass is 10.2. The van der Waals surface area contributed by atoms with E-state index in [4.69, 9.17) is 0 Å². The smallest absolute Gasteiger partial charge is 0.312 e. The van der Waals surface area contributed by atoms with E-state index in [1.54, 1.807) is 11.9 Å². The van der Waals surface area contributed by atoms with Crippen molar-refractivity contribution in [2.24, 2.45) is 5.92 Å². The minimum atomic E-state index is -0.391. The maximum Gasteiger partial charge on any atom is 0.312 e. The second kappa shape index (κ2) is 4.77. The molecule has 1 rings (SSSR count). The highest BCUT2D eigenvalue weighted by Crippen LogP contribution is 2.08. The molecule has 0 aromatic heterocycles. The van der Waals surface area contributed by atoms with Crippen LogP contribution in [0.15, 0.2) is 0 Å². The van der Waals surface area contributed by atoms with Crippen molar-refractivity contribution in [2.75, 3.05) is 32.0 Å². The summed E-state index contributed by atoms with van der Waals surface area (Å²) in [5.74, 6) is -0.375. The molecule has 1 saturated heterocycles. The van der Waals surface area contributed by atoms with Crippen molar-refractivity contribution in [2.45, 2.75) is 6.92 Å². The third kappa shape index (κ3) is 2.47. The normalized spacial score (nSPS) is 20.2. The van der Waals surface area contributed by atoms with Crippen LogP contribution < -0.4 is 0 Å². The van der Waals surface area contributed by atoms with E-state index in [1.165, 1.54) is 4.90 Å². The number of nitrogens with zero attached hydrogens (tertiary/aromatic N) is 2. The lowest BCUT2D eigenvalue weighted by molar-refractivity contribution is -0.155. The van der Waals surface area contributed by atoms with Gasteiger partial charge in [-0.15, -0.1) is 0 Å². The van der Waals surface area contributed by atoms with E-state index in [0.717, 1.165) is 5.33 Å². The van der Waals surface area contributed by atoms with E-state index in [2.05, 4.69) is 15.9 Å². The Balaban J connectivity index is 2.55. The molecular formula is C9H15BrN2O2. The van der Waals surface area contributed by atoms with Crippen molar-refractivity contribution >= 4 is 27.7 Å². The highest BCUT2D eigenvalue weighted by atomic mass is 79.9. The fourth-order valence-electron chi connectivity index (χ4n) is 1.37. The van der Waals surface area contributed by atoms with E-state index in [1.807, 2.05) is 6.92 Å². The molecule has 0 spiro atoms. The molecule has 0 aromatic carbocycles. The molecule has 1 fully saturated rings. The zero-order valence-corrected chi connectivity index (χ0v) is 10.1. The van der Waals surface area contributed by atoms with Gasteiger partial charge >= 0.3 is 11.8 Å². The van der Waals surface area contributed by atoms with E-state index in [0.29, 0.717) is 25.6 Å². The predicted molar refractivity (Wildman–Crippen MR) is 57.2 cm³/mol. The number of piperazine rings is 1. The van der Waals surface area contributed by atoms with Gasteiger partial charge in [-0.25, -0.2) is 0 Å². The highest BCUT2D eigenvalue weighted by molar-refractivity contribution is 9.09. The molecular weight excluding hydrogens is 248 g/mol. The highest BCUT2D eigenvalue weighted by Gasteiger charge is 2.30. The lowest BCUT2D eigenvalue weighted by Crippen LogP contribution is -2.53. The van der Waals surface area contributed by atoms with Gasteiger partial charge in [0.25, 0.3) is 0 Å². The van der Waals surface area contributed by atoms with Gasteiger partial charge in [-0.2, -0.15) is 0 Å². The molecule has 0 radical (unpaired) electrons. The van der Waals surface area contributed by atoms with E-state index in [-0.39, 0.29) is 5.91 Å². The molecule has 5 heteroatoms. The number of alkyl halides is 1. The summed E-state index contributed by atoms with van der Waals surface area (Å²) in [5.41, 5.74) is 0. The Bertz CT molecular complexity index is 245. The van der Waals surface area contributed by atoms with Gasteiger partial charge in [-0.3, -0.25) is 9.59 Å². The molecule has 1 heterocycles. The number of hydrogen-bond acceptors (Lipinski definition) is 2. The van der Waals surface area contributed by atoms with Crippen LogP contribution >= 0.6 is 15.9 Å². The lowest BCUT2D eigenvalue weighted by Gasteiger charge is -2.32. The first-order valence-corrected chi connectivity index (χ1v) is 5.78. The van der Waals surface area contributed by atoms with Crippen molar-refractivity contribution in [3.8, 4) is 0 Å². The second-order valence-corrected chi connectivity index (χ2v) is 4.38. The summed E-state index contributed by atoms with van der Waals surface area (Å²) >= 11 is 3.36. The summed E-state index contributed by atoms with van der Waals surface area (Å²) in [6, 6.07) is 0. The van der Waals surface area contributed by atoms with Crippen LogP contribution in [-0.2, 0) is 9.59 Å². The summed E-state index contributed by atoms with van der Waals surface area (Å²) in [5, 5.41) is 0.848. The molecule has 1 atom stereocenters. The minimum absolute atomic E-state index is 0.369. The zero-order chi connectivity index (χ0) is 10.7. The molecule has 0 aliphatic carbocycles. The average molecular weight is 263 g/mol. The fraction of sp³-hybridized carbons (Fsp3) is 0.778. The quantitative estimate of drug-likeness (QED) is 0.543. The summed E-state index contributed by atoms with van der Waals surface area (Å²) in [7, 11) is 1.66. The number of amides is 2. The Morgan fingerprint density at radius 2 is 2.00 bits per heavy atom. The first-order valence-electron chi connectivity index (χ1n) is 4.66. The van der Waals surface area contributed by atoms with Gasteiger partial charge in [0.05, 0.1) is 0 Å². The van der Waals surface area contributed by atoms with Gasteiger partial charge in [0.2, 0.25) is 0 Å². The third-order valence-corrected chi connectivity index (χ3v) is 3.42. The number of rotatable bonds is 3.